The summed E-state index contributed by atoms with van der Waals surface area (Å²) in [6.07, 6.45) is 9.80. The Morgan fingerprint density at radius 2 is 1.77 bits per heavy atom. The Balaban J connectivity index is 2.28. The van der Waals surface area contributed by atoms with Gasteiger partial charge in [-0.25, -0.2) is 0 Å². The Kier molecular flexibility index (Phi) is 8.53. The third-order valence-corrected chi connectivity index (χ3v) is 3.39. The normalized spacial score (nSPS) is 12.4. The fourth-order valence-electron chi connectivity index (χ4n) is 2.25. The van der Waals surface area contributed by atoms with E-state index in [9.17, 15) is 0 Å². The molecular weight excluding hydrogens is 270 g/mol. The van der Waals surface area contributed by atoms with Crippen molar-refractivity contribution in [2.45, 2.75) is 32.7 Å². The van der Waals surface area contributed by atoms with Crippen LogP contribution in [0.1, 0.15) is 31.7 Å². The van der Waals surface area contributed by atoms with Gasteiger partial charge in [0.15, 0.2) is 0 Å². The minimum absolute atomic E-state index is 0.871. The molecule has 0 fully saturated rings. The van der Waals surface area contributed by atoms with Crippen LogP contribution in [0.2, 0.25) is 0 Å². The molecule has 0 unspecified atom stereocenters. The topological polar surface area (TPSA) is 15.6 Å². The first-order valence-electron chi connectivity index (χ1n) is 8.24. The molecule has 0 bridgehead atoms. The number of unbranched alkanes of at least 4 members (excludes halogenated alkanes) is 2. The predicted octanol–water partition coefficient (Wildman–Crippen LogP) is 3.93. The Morgan fingerprint density at radius 1 is 1.05 bits per heavy atom. The first-order chi connectivity index (χ1) is 10.5. The zero-order chi connectivity index (χ0) is 16.3. The summed E-state index contributed by atoms with van der Waals surface area (Å²) in [5.74, 6) is 0. The van der Waals surface area contributed by atoms with Gasteiger partial charge < -0.3 is 9.38 Å². The molecule has 0 aliphatic rings. The Labute approximate surface area is 136 Å². The molecule has 0 N–H and O–H groups in total. The van der Waals surface area contributed by atoms with Crippen molar-refractivity contribution in [3.63, 3.8) is 0 Å². The summed E-state index contributed by atoms with van der Waals surface area (Å²) in [7, 11) is 6.74. The highest BCUT2D eigenvalue weighted by atomic mass is 15.3. The highest BCUT2D eigenvalue weighted by molar-refractivity contribution is 5.56. The maximum absolute atomic E-state index is 4.57. The summed E-state index contributed by atoms with van der Waals surface area (Å²) in [6, 6.07) is 10.5. The van der Waals surface area contributed by atoms with Gasteiger partial charge in [0.25, 0.3) is 0 Å². The van der Waals surface area contributed by atoms with Gasteiger partial charge in [-0.3, -0.25) is 4.99 Å². The average Bonchev–Trinajstić information content (AvgIpc) is 2.46. The van der Waals surface area contributed by atoms with Gasteiger partial charge in [-0.05, 0) is 31.7 Å². The van der Waals surface area contributed by atoms with Gasteiger partial charge in [0.1, 0.15) is 0 Å². The summed E-state index contributed by atoms with van der Waals surface area (Å²) < 4.78 is 1.05. The Hall–Kier alpha value is -1.61. The molecule has 0 atom stereocenters. The molecule has 0 amide bonds. The highest BCUT2D eigenvalue weighted by Gasteiger charge is 2.04. The molecule has 1 aromatic rings. The van der Waals surface area contributed by atoms with E-state index in [0.717, 1.165) is 17.6 Å². The Bertz CT molecular complexity index is 443. The highest BCUT2D eigenvalue weighted by Crippen LogP contribution is 2.04. The van der Waals surface area contributed by atoms with E-state index in [4.69, 9.17) is 0 Å². The molecule has 0 spiro atoms. The number of nitrogens with zero attached hydrogens (tertiary/aromatic N) is 3. The van der Waals surface area contributed by atoms with E-state index >= 15 is 0 Å². The molecule has 1 rings (SSSR count). The lowest BCUT2D eigenvalue weighted by molar-refractivity contribution is -0.870. The van der Waals surface area contributed by atoms with E-state index in [0.29, 0.717) is 0 Å². The van der Waals surface area contributed by atoms with Gasteiger partial charge in [-0.15, -0.1) is 0 Å². The summed E-state index contributed by atoms with van der Waals surface area (Å²) in [5, 5.41) is 0. The van der Waals surface area contributed by atoms with Crippen molar-refractivity contribution < 1.29 is 4.48 Å². The third kappa shape index (κ3) is 9.35. The van der Waals surface area contributed by atoms with Gasteiger partial charge in [0.05, 0.1) is 34.0 Å². The van der Waals surface area contributed by atoms with Crippen LogP contribution in [0.3, 0.4) is 0 Å². The summed E-state index contributed by atoms with van der Waals surface area (Å²) in [4.78, 5) is 6.71. The fourth-order valence-corrected chi connectivity index (χ4v) is 2.25. The zero-order valence-corrected chi connectivity index (χ0v) is 14.7. The zero-order valence-electron chi connectivity index (χ0n) is 14.7. The summed E-state index contributed by atoms with van der Waals surface area (Å²) >= 11 is 0. The van der Waals surface area contributed by atoms with Crippen LogP contribution in [-0.4, -0.2) is 50.0 Å². The molecule has 0 aromatic heterocycles. The predicted molar refractivity (Wildman–Crippen MR) is 96.9 cm³/mol. The number of allylic oxidation sites excluding steroid dienone is 1. The van der Waals surface area contributed by atoms with E-state index in [1.807, 2.05) is 19.3 Å². The lowest BCUT2D eigenvalue weighted by atomic mass is 10.2. The number of rotatable bonds is 10. The molecule has 0 radical (unpaired) electrons. The van der Waals surface area contributed by atoms with Gasteiger partial charge >= 0.3 is 0 Å². The van der Waals surface area contributed by atoms with Crippen LogP contribution in [0.25, 0.3) is 0 Å². The van der Waals surface area contributed by atoms with Crippen molar-refractivity contribution in [3.8, 4) is 0 Å². The maximum atomic E-state index is 4.57. The number of hydrogen-bond acceptors (Lipinski definition) is 1. The molecule has 0 aliphatic heterocycles. The minimum atomic E-state index is 0.871. The van der Waals surface area contributed by atoms with Crippen LogP contribution in [0.5, 0.6) is 0 Å². The second-order valence-electron chi connectivity index (χ2n) is 6.74. The standard InChI is InChI=1S/C19H32N3/c1-5-15-21(17-19-12-8-6-9-13-19)18-20-14-10-7-11-16-22(2,3)4/h5-6,8-9,12-13,15,18H,7,10-11,14,16-17H2,1-4H3/q+1/b15-5-,20-18?. The smallest absolute Gasteiger partial charge is 0.0892 e. The van der Waals surface area contributed by atoms with Crippen molar-refractivity contribution >= 4 is 6.34 Å². The van der Waals surface area contributed by atoms with Crippen molar-refractivity contribution in [1.82, 2.24) is 4.90 Å². The third-order valence-electron chi connectivity index (χ3n) is 3.39. The fraction of sp³-hybridized carbons (Fsp3) is 0.526. The number of benzene rings is 1. The second kappa shape index (κ2) is 10.2. The number of aliphatic imine (C=N–C) groups is 1. The van der Waals surface area contributed by atoms with Crippen LogP contribution in [0.15, 0.2) is 47.6 Å². The van der Waals surface area contributed by atoms with E-state index in [1.165, 1.54) is 31.4 Å². The molecule has 0 heterocycles. The van der Waals surface area contributed by atoms with E-state index in [-0.39, 0.29) is 0 Å². The van der Waals surface area contributed by atoms with Gasteiger partial charge in [0, 0.05) is 19.3 Å². The van der Waals surface area contributed by atoms with Gasteiger partial charge in [0.2, 0.25) is 0 Å². The molecule has 3 heteroatoms. The van der Waals surface area contributed by atoms with E-state index in [1.54, 1.807) is 0 Å². The quantitative estimate of drug-likeness (QED) is 0.277. The maximum Gasteiger partial charge on any atom is 0.0892 e. The van der Waals surface area contributed by atoms with Crippen LogP contribution in [0.4, 0.5) is 0 Å². The second-order valence-corrected chi connectivity index (χ2v) is 6.74. The molecule has 0 saturated carbocycles. The van der Waals surface area contributed by atoms with E-state index < -0.39 is 0 Å². The largest absolute Gasteiger partial charge is 0.335 e. The summed E-state index contributed by atoms with van der Waals surface area (Å²) in [5.41, 5.74) is 1.30. The SMILES string of the molecule is C/C=C\N(C=NCCCCC[N+](C)(C)C)Cc1ccccc1. The molecule has 0 aliphatic carbocycles. The molecular formula is C19H32N3+. The van der Waals surface area contributed by atoms with Crippen LogP contribution < -0.4 is 0 Å². The lowest BCUT2D eigenvalue weighted by Crippen LogP contribution is -2.35. The average molecular weight is 302 g/mol. The molecule has 0 saturated heterocycles. The van der Waals surface area contributed by atoms with Crippen molar-refractivity contribution in [1.29, 1.82) is 0 Å². The van der Waals surface area contributed by atoms with Gasteiger partial charge in [-0.1, -0.05) is 36.4 Å². The molecule has 1 aromatic carbocycles. The van der Waals surface area contributed by atoms with Crippen LogP contribution >= 0.6 is 0 Å². The molecule has 122 valence electrons. The Morgan fingerprint density at radius 3 is 2.41 bits per heavy atom. The summed E-state index contributed by atoms with van der Waals surface area (Å²) in [6.45, 7) is 5.06. The first kappa shape index (κ1) is 18.4. The van der Waals surface area contributed by atoms with Crippen molar-refractivity contribution in [3.05, 3.63) is 48.2 Å². The lowest BCUT2D eigenvalue weighted by Gasteiger charge is -2.23. The van der Waals surface area contributed by atoms with Crippen molar-refractivity contribution in [2.75, 3.05) is 34.2 Å². The number of quaternary nitrogens is 1. The van der Waals surface area contributed by atoms with Crippen LogP contribution in [0, 0.1) is 0 Å². The monoisotopic (exact) mass is 302 g/mol. The minimum Gasteiger partial charge on any atom is -0.335 e. The number of hydrogen-bond donors (Lipinski definition) is 0. The van der Waals surface area contributed by atoms with Gasteiger partial charge in [-0.2, -0.15) is 0 Å². The molecule has 22 heavy (non-hydrogen) atoms. The van der Waals surface area contributed by atoms with Crippen LogP contribution in [-0.2, 0) is 6.54 Å². The van der Waals surface area contributed by atoms with E-state index in [2.05, 4.69) is 67.6 Å². The molecule has 3 nitrogen and oxygen atoms in total. The first-order valence-corrected chi connectivity index (χ1v) is 8.24. The van der Waals surface area contributed by atoms with Crippen molar-refractivity contribution in [2.24, 2.45) is 4.99 Å².